The summed E-state index contributed by atoms with van der Waals surface area (Å²) in [5.74, 6) is 0.946. The zero-order chi connectivity index (χ0) is 27.1. The van der Waals surface area contributed by atoms with E-state index >= 15 is 0 Å². The maximum atomic E-state index is 12.6. The smallest absolute Gasteiger partial charge is 0.493 e. The van der Waals surface area contributed by atoms with Gasteiger partial charge < -0.3 is 14.2 Å². The topological polar surface area (TPSA) is 53.5 Å². The van der Waals surface area contributed by atoms with Crippen molar-refractivity contribution in [1.29, 1.82) is 0 Å². The summed E-state index contributed by atoms with van der Waals surface area (Å²) in [5, 5.41) is 2.03. The molecule has 0 radical (unpaired) electrons. The van der Waals surface area contributed by atoms with Gasteiger partial charge in [0.05, 0.1) is 17.6 Å². The lowest BCUT2D eigenvalue weighted by atomic mass is 9.88. The van der Waals surface area contributed by atoms with E-state index in [1.165, 1.54) is 29.3 Å². The van der Waals surface area contributed by atoms with Crippen LogP contribution in [0.2, 0.25) is 0 Å². The summed E-state index contributed by atoms with van der Waals surface area (Å²) in [6.45, 7) is 4.92. The summed E-state index contributed by atoms with van der Waals surface area (Å²) in [4.78, 5) is 9.54. The highest BCUT2D eigenvalue weighted by Crippen LogP contribution is 2.42. The molecule has 1 aliphatic heterocycles. The van der Waals surface area contributed by atoms with Crippen molar-refractivity contribution in [3.8, 4) is 28.5 Å². The first-order valence-corrected chi connectivity index (χ1v) is 12.7. The molecule has 0 atom stereocenters. The van der Waals surface area contributed by atoms with Crippen molar-refractivity contribution in [1.82, 2.24) is 9.97 Å². The molecule has 0 saturated heterocycles. The normalized spacial score (nSPS) is 12.9. The van der Waals surface area contributed by atoms with E-state index in [9.17, 15) is 13.2 Å². The molecule has 2 aromatic heterocycles. The molecule has 0 saturated carbocycles. The first kappa shape index (κ1) is 25.0. The van der Waals surface area contributed by atoms with E-state index in [1.54, 1.807) is 12.1 Å². The monoisotopic (exact) mass is 530 g/mol. The van der Waals surface area contributed by atoms with E-state index in [4.69, 9.17) is 19.4 Å². The van der Waals surface area contributed by atoms with E-state index in [1.807, 2.05) is 24.4 Å². The Morgan fingerprint density at radius 1 is 1.03 bits per heavy atom. The molecule has 1 aliphatic rings. The van der Waals surface area contributed by atoms with Crippen molar-refractivity contribution >= 4 is 21.8 Å². The minimum Gasteiger partial charge on any atom is -0.493 e. The fourth-order valence-electron chi connectivity index (χ4n) is 5.37. The highest BCUT2D eigenvalue weighted by Gasteiger charge is 2.31. The molecule has 0 unspecified atom stereocenters. The van der Waals surface area contributed by atoms with E-state index < -0.39 is 6.36 Å². The van der Waals surface area contributed by atoms with Crippen molar-refractivity contribution in [2.75, 3.05) is 6.61 Å². The fourth-order valence-corrected chi connectivity index (χ4v) is 5.37. The maximum Gasteiger partial charge on any atom is 0.573 e. The second-order valence-electron chi connectivity index (χ2n) is 9.50. The second kappa shape index (κ2) is 9.76. The Labute approximate surface area is 223 Å². The van der Waals surface area contributed by atoms with Crippen LogP contribution < -0.4 is 14.2 Å². The molecular formula is C31H25F3N2O3. The molecule has 39 heavy (non-hydrogen) atoms. The van der Waals surface area contributed by atoms with Gasteiger partial charge in [0.1, 0.15) is 18.1 Å². The van der Waals surface area contributed by atoms with Crippen LogP contribution in [0.1, 0.15) is 29.2 Å². The Balaban J connectivity index is 1.39. The van der Waals surface area contributed by atoms with Gasteiger partial charge in [0.15, 0.2) is 0 Å². The van der Waals surface area contributed by atoms with Crippen LogP contribution in [0.4, 0.5) is 13.2 Å². The van der Waals surface area contributed by atoms with Gasteiger partial charge in [-0.3, -0.25) is 4.98 Å². The predicted octanol–water partition coefficient (Wildman–Crippen LogP) is 7.73. The SMILES string of the molecule is CCc1c(C)cc2nc(OCc3cccc(OC(F)(F)F)c3)ccc2c1-c1ccc2c3c(ccnc13)CCO2. The summed E-state index contributed by atoms with van der Waals surface area (Å²) in [5.41, 5.74) is 7.90. The Hall–Kier alpha value is -4.33. The lowest BCUT2D eigenvalue weighted by Gasteiger charge is -2.21. The number of fused-ring (bicyclic) bond motifs is 1. The van der Waals surface area contributed by atoms with Gasteiger partial charge in [-0.05, 0) is 83.6 Å². The first-order chi connectivity index (χ1) is 18.8. The molecular weight excluding hydrogens is 505 g/mol. The van der Waals surface area contributed by atoms with Gasteiger partial charge in [0.2, 0.25) is 5.88 Å². The fraction of sp³-hybridized carbons (Fsp3) is 0.226. The number of hydrogen-bond donors (Lipinski definition) is 0. The molecule has 198 valence electrons. The van der Waals surface area contributed by atoms with Crippen LogP contribution in [-0.2, 0) is 19.4 Å². The summed E-state index contributed by atoms with van der Waals surface area (Å²) in [7, 11) is 0. The van der Waals surface area contributed by atoms with Gasteiger partial charge in [-0.25, -0.2) is 4.98 Å². The van der Waals surface area contributed by atoms with Crippen LogP contribution in [0.3, 0.4) is 0 Å². The largest absolute Gasteiger partial charge is 0.573 e. The molecule has 6 rings (SSSR count). The Morgan fingerprint density at radius 3 is 2.72 bits per heavy atom. The van der Waals surface area contributed by atoms with E-state index in [-0.39, 0.29) is 12.4 Å². The molecule has 8 heteroatoms. The number of halogens is 3. The number of pyridine rings is 2. The Kier molecular flexibility index (Phi) is 6.25. The Morgan fingerprint density at radius 2 is 1.90 bits per heavy atom. The first-order valence-electron chi connectivity index (χ1n) is 12.7. The number of hydrogen-bond acceptors (Lipinski definition) is 5. The van der Waals surface area contributed by atoms with Crippen molar-refractivity contribution < 1.29 is 27.4 Å². The van der Waals surface area contributed by atoms with Crippen LogP contribution in [0, 0.1) is 6.92 Å². The summed E-state index contributed by atoms with van der Waals surface area (Å²) >= 11 is 0. The summed E-state index contributed by atoms with van der Waals surface area (Å²) < 4.78 is 53.6. The maximum absolute atomic E-state index is 12.6. The molecule has 0 aliphatic carbocycles. The minimum atomic E-state index is -4.75. The Bertz CT molecular complexity index is 1710. The molecule has 3 aromatic carbocycles. The van der Waals surface area contributed by atoms with Crippen LogP contribution in [0.15, 0.2) is 66.9 Å². The number of benzene rings is 3. The number of aryl methyl sites for hydroxylation is 1. The van der Waals surface area contributed by atoms with Gasteiger partial charge in [0.25, 0.3) is 0 Å². The average Bonchev–Trinajstić information content (AvgIpc) is 2.91. The predicted molar refractivity (Wildman–Crippen MR) is 143 cm³/mol. The third-order valence-electron chi connectivity index (χ3n) is 7.01. The number of rotatable bonds is 6. The second-order valence-corrected chi connectivity index (χ2v) is 9.50. The van der Waals surface area contributed by atoms with Crippen molar-refractivity contribution in [3.05, 3.63) is 89.1 Å². The molecule has 0 fully saturated rings. The van der Waals surface area contributed by atoms with Crippen LogP contribution in [0.25, 0.3) is 32.9 Å². The molecule has 0 spiro atoms. The molecule has 5 nitrogen and oxygen atoms in total. The number of alkyl halides is 3. The van der Waals surface area contributed by atoms with E-state index in [0.717, 1.165) is 57.1 Å². The zero-order valence-corrected chi connectivity index (χ0v) is 21.4. The molecule has 0 amide bonds. The zero-order valence-electron chi connectivity index (χ0n) is 21.4. The third kappa shape index (κ3) is 4.82. The van der Waals surface area contributed by atoms with E-state index in [0.29, 0.717) is 18.1 Å². The van der Waals surface area contributed by atoms with Crippen LogP contribution >= 0.6 is 0 Å². The number of nitrogens with zero attached hydrogens (tertiary/aromatic N) is 2. The highest BCUT2D eigenvalue weighted by molar-refractivity contribution is 6.07. The minimum absolute atomic E-state index is 0.0469. The van der Waals surface area contributed by atoms with Gasteiger partial charge in [-0.1, -0.05) is 19.1 Å². The summed E-state index contributed by atoms with van der Waals surface area (Å²) in [6.07, 6.45) is -1.21. The van der Waals surface area contributed by atoms with Crippen molar-refractivity contribution in [2.24, 2.45) is 0 Å². The standard InChI is InChI=1S/C31H25F3N2O3/c1-3-22-18(2)15-25-23(29(22)24-7-9-26-28-20(12-14-37-26)11-13-35-30(24)28)8-10-27(36-25)38-17-19-5-4-6-21(16-19)39-31(32,33)34/h4-11,13,15-16H,3,12,14,17H2,1-2H3. The third-order valence-corrected chi connectivity index (χ3v) is 7.01. The van der Waals surface area contributed by atoms with Crippen LogP contribution in [0.5, 0.6) is 17.4 Å². The van der Waals surface area contributed by atoms with Gasteiger partial charge in [0, 0.05) is 35.0 Å². The molecule has 0 N–H and O–H groups in total. The summed E-state index contributed by atoms with van der Waals surface area (Å²) in [6, 6.07) is 17.7. The van der Waals surface area contributed by atoms with Crippen molar-refractivity contribution in [3.63, 3.8) is 0 Å². The van der Waals surface area contributed by atoms with Crippen molar-refractivity contribution in [2.45, 2.75) is 39.7 Å². The number of ether oxygens (including phenoxy) is 3. The van der Waals surface area contributed by atoms with Gasteiger partial charge >= 0.3 is 6.36 Å². The van der Waals surface area contributed by atoms with E-state index in [2.05, 4.69) is 30.7 Å². The lowest BCUT2D eigenvalue weighted by molar-refractivity contribution is -0.274. The lowest BCUT2D eigenvalue weighted by Crippen LogP contribution is -2.17. The highest BCUT2D eigenvalue weighted by atomic mass is 19.4. The molecule has 3 heterocycles. The average molecular weight is 531 g/mol. The molecule has 5 aromatic rings. The quantitative estimate of drug-likeness (QED) is 0.225. The van der Waals surface area contributed by atoms with Gasteiger partial charge in [-0.15, -0.1) is 13.2 Å². The van der Waals surface area contributed by atoms with Gasteiger partial charge in [-0.2, -0.15) is 0 Å². The molecule has 0 bridgehead atoms. The number of aromatic nitrogens is 2. The van der Waals surface area contributed by atoms with Crippen LogP contribution in [-0.4, -0.2) is 22.9 Å².